The van der Waals surface area contributed by atoms with Gasteiger partial charge in [0.05, 0.1) is 22.0 Å². The maximum Gasteiger partial charge on any atom is 0.258 e. The molecule has 0 bridgehead atoms. The quantitative estimate of drug-likeness (QED) is 0.861. The molecule has 1 aromatic heterocycles. The first kappa shape index (κ1) is 12.8. The van der Waals surface area contributed by atoms with Crippen LogP contribution in [0.4, 0.5) is 5.69 Å². The molecule has 0 atom stereocenters. The van der Waals surface area contributed by atoms with Crippen molar-refractivity contribution in [3.05, 3.63) is 33.9 Å². The molecule has 1 aromatic carbocycles. The van der Waals surface area contributed by atoms with E-state index in [1.807, 2.05) is 32.9 Å². The van der Waals surface area contributed by atoms with E-state index in [9.17, 15) is 9.59 Å². The highest BCUT2D eigenvalue weighted by Gasteiger charge is 2.43. The zero-order valence-electron chi connectivity index (χ0n) is 12.1. The zero-order valence-corrected chi connectivity index (χ0v) is 12.1. The van der Waals surface area contributed by atoms with E-state index in [0.717, 1.165) is 11.3 Å². The van der Waals surface area contributed by atoms with Crippen LogP contribution in [0, 0.1) is 6.92 Å². The third-order valence-electron chi connectivity index (χ3n) is 4.00. The summed E-state index contributed by atoms with van der Waals surface area (Å²) < 4.78 is 0. The average Bonchev–Trinajstić information content (AvgIpc) is 2.55. The Labute approximate surface area is 116 Å². The Hall–Kier alpha value is -2.17. The first-order valence-corrected chi connectivity index (χ1v) is 6.73. The molecule has 0 spiro atoms. The fraction of sp³-hybridized carbons (Fsp3) is 0.400. The minimum absolute atomic E-state index is 0.0680. The summed E-state index contributed by atoms with van der Waals surface area (Å²) in [6, 6.07) is 3.66. The molecule has 0 aliphatic carbocycles. The van der Waals surface area contributed by atoms with Crippen LogP contribution in [-0.4, -0.2) is 22.4 Å². The molecule has 1 aliphatic heterocycles. The Morgan fingerprint density at radius 3 is 2.65 bits per heavy atom. The number of hydrogen-bond acceptors (Lipinski definition) is 3. The van der Waals surface area contributed by atoms with Crippen LogP contribution >= 0.6 is 0 Å². The van der Waals surface area contributed by atoms with Gasteiger partial charge in [-0.3, -0.25) is 9.59 Å². The topological polar surface area (TPSA) is 66.1 Å². The standard InChI is InChI=1S/C15H17N3O2/c1-5-18-12-7-11-9(13(19)17-8(2)16-11)6-10(12)15(3,4)14(18)20/h6-7H,5H2,1-4H3,(H,16,17,19). The number of rotatable bonds is 1. The van der Waals surface area contributed by atoms with Crippen molar-refractivity contribution >= 4 is 22.5 Å². The zero-order chi connectivity index (χ0) is 14.7. The summed E-state index contributed by atoms with van der Waals surface area (Å²) in [6.45, 7) is 8.10. The lowest BCUT2D eigenvalue weighted by Crippen LogP contribution is -2.35. The number of nitrogens with one attached hydrogen (secondary N) is 1. The molecule has 1 aliphatic rings. The van der Waals surface area contributed by atoms with Crippen LogP contribution < -0.4 is 10.5 Å². The molecule has 1 N–H and O–H groups in total. The van der Waals surface area contributed by atoms with Crippen LogP contribution in [0.2, 0.25) is 0 Å². The summed E-state index contributed by atoms with van der Waals surface area (Å²) in [6.07, 6.45) is 0. The number of hydrogen-bond donors (Lipinski definition) is 1. The molecule has 104 valence electrons. The Balaban J connectivity index is 2.41. The van der Waals surface area contributed by atoms with Crippen molar-refractivity contribution in [1.82, 2.24) is 9.97 Å². The highest BCUT2D eigenvalue weighted by Crippen LogP contribution is 2.42. The largest absolute Gasteiger partial charge is 0.312 e. The van der Waals surface area contributed by atoms with Gasteiger partial charge in [-0.1, -0.05) is 0 Å². The molecule has 0 fully saturated rings. The molecule has 20 heavy (non-hydrogen) atoms. The molecule has 5 nitrogen and oxygen atoms in total. The van der Waals surface area contributed by atoms with E-state index in [0.29, 0.717) is 23.3 Å². The predicted octanol–water partition coefficient (Wildman–Crippen LogP) is 1.88. The first-order valence-electron chi connectivity index (χ1n) is 6.73. The molecule has 0 saturated heterocycles. The molecule has 0 saturated carbocycles. The Kier molecular flexibility index (Phi) is 2.51. The summed E-state index contributed by atoms with van der Waals surface area (Å²) in [5.74, 6) is 0.646. The number of likely N-dealkylation sites (N-methyl/N-ethyl adjacent to an activating group) is 1. The smallest absolute Gasteiger partial charge is 0.258 e. The molecule has 1 amide bonds. The number of aromatic nitrogens is 2. The average molecular weight is 271 g/mol. The lowest BCUT2D eigenvalue weighted by atomic mass is 9.85. The number of aromatic amines is 1. The van der Waals surface area contributed by atoms with E-state index < -0.39 is 5.41 Å². The number of carbonyl (C=O) groups is 1. The van der Waals surface area contributed by atoms with Crippen LogP contribution in [-0.2, 0) is 10.2 Å². The van der Waals surface area contributed by atoms with Gasteiger partial charge >= 0.3 is 0 Å². The highest BCUT2D eigenvalue weighted by molar-refractivity contribution is 6.09. The number of amides is 1. The Bertz CT molecular complexity index is 790. The van der Waals surface area contributed by atoms with Crippen molar-refractivity contribution in [2.24, 2.45) is 0 Å². The molecule has 3 rings (SSSR count). The fourth-order valence-electron chi connectivity index (χ4n) is 2.89. The van der Waals surface area contributed by atoms with Crippen molar-refractivity contribution in [1.29, 1.82) is 0 Å². The third kappa shape index (κ3) is 1.52. The maximum atomic E-state index is 12.5. The Morgan fingerprint density at radius 2 is 2.00 bits per heavy atom. The fourth-order valence-corrected chi connectivity index (χ4v) is 2.89. The number of H-pyrrole nitrogens is 1. The molecular formula is C15H17N3O2. The van der Waals surface area contributed by atoms with E-state index in [4.69, 9.17) is 0 Å². The summed E-state index contributed by atoms with van der Waals surface area (Å²) in [5, 5.41) is 0.535. The van der Waals surface area contributed by atoms with Crippen LogP contribution in [0.3, 0.4) is 0 Å². The van der Waals surface area contributed by atoms with Crippen molar-refractivity contribution < 1.29 is 4.79 Å². The maximum absolute atomic E-state index is 12.5. The number of nitrogens with zero attached hydrogens (tertiary/aromatic N) is 2. The van der Waals surface area contributed by atoms with Gasteiger partial charge in [-0.05, 0) is 45.4 Å². The highest BCUT2D eigenvalue weighted by atomic mass is 16.2. The van der Waals surface area contributed by atoms with Gasteiger partial charge in [0.1, 0.15) is 5.82 Å². The second-order valence-corrected chi connectivity index (χ2v) is 5.71. The summed E-state index contributed by atoms with van der Waals surface area (Å²) in [4.78, 5) is 33.3. The summed E-state index contributed by atoms with van der Waals surface area (Å²) in [5.41, 5.74) is 1.64. The number of aryl methyl sites for hydroxylation is 1. The Morgan fingerprint density at radius 1 is 1.30 bits per heavy atom. The van der Waals surface area contributed by atoms with Gasteiger partial charge < -0.3 is 9.88 Å². The van der Waals surface area contributed by atoms with Crippen LogP contribution in [0.5, 0.6) is 0 Å². The molecule has 0 unspecified atom stereocenters. The normalized spacial score (nSPS) is 16.8. The molecular weight excluding hydrogens is 254 g/mol. The number of anilines is 1. The van der Waals surface area contributed by atoms with Gasteiger partial charge in [-0.2, -0.15) is 0 Å². The van der Waals surface area contributed by atoms with Gasteiger partial charge in [0.25, 0.3) is 5.56 Å². The minimum Gasteiger partial charge on any atom is -0.312 e. The van der Waals surface area contributed by atoms with Crippen molar-refractivity contribution in [3.8, 4) is 0 Å². The second-order valence-electron chi connectivity index (χ2n) is 5.71. The van der Waals surface area contributed by atoms with E-state index in [-0.39, 0.29) is 11.5 Å². The number of benzene rings is 1. The van der Waals surface area contributed by atoms with Crippen molar-refractivity contribution in [3.63, 3.8) is 0 Å². The number of carbonyl (C=O) groups excluding carboxylic acids is 1. The molecule has 2 aromatic rings. The first-order chi connectivity index (χ1) is 9.36. The van der Waals surface area contributed by atoms with Crippen LogP contribution in [0.1, 0.15) is 32.2 Å². The lowest BCUT2D eigenvalue weighted by molar-refractivity contribution is -0.122. The lowest BCUT2D eigenvalue weighted by Gasteiger charge is -2.18. The van der Waals surface area contributed by atoms with E-state index in [1.165, 1.54) is 0 Å². The van der Waals surface area contributed by atoms with Gasteiger partial charge in [-0.15, -0.1) is 0 Å². The molecule has 2 heterocycles. The van der Waals surface area contributed by atoms with Gasteiger partial charge in [0.2, 0.25) is 5.91 Å². The third-order valence-corrected chi connectivity index (χ3v) is 4.00. The van der Waals surface area contributed by atoms with Crippen molar-refractivity contribution in [2.75, 3.05) is 11.4 Å². The van der Waals surface area contributed by atoms with E-state index in [1.54, 1.807) is 11.8 Å². The van der Waals surface area contributed by atoms with E-state index in [2.05, 4.69) is 9.97 Å². The van der Waals surface area contributed by atoms with Gasteiger partial charge in [0.15, 0.2) is 0 Å². The monoisotopic (exact) mass is 271 g/mol. The summed E-state index contributed by atoms with van der Waals surface area (Å²) in [7, 11) is 0. The summed E-state index contributed by atoms with van der Waals surface area (Å²) >= 11 is 0. The van der Waals surface area contributed by atoms with E-state index >= 15 is 0 Å². The SMILES string of the molecule is CCN1C(=O)C(C)(C)c2cc3c(=O)[nH]c(C)nc3cc21. The van der Waals surface area contributed by atoms with Crippen molar-refractivity contribution in [2.45, 2.75) is 33.1 Å². The molecule has 0 radical (unpaired) electrons. The number of fused-ring (bicyclic) bond motifs is 2. The second kappa shape index (κ2) is 3.91. The predicted molar refractivity (Wildman–Crippen MR) is 78.2 cm³/mol. The van der Waals surface area contributed by atoms with Gasteiger partial charge in [-0.25, -0.2) is 4.98 Å². The van der Waals surface area contributed by atoms with Crippen LogP contribution in [0.25, 0.3) is 10.9 Å². The molecule has 5 heteroatoms. The van der Waals surface area contributed by atoms with Gasteiger partial charge in [0, 0.05) is 6.54 Å². The van der Waals surface area contributed by atoms with Crippen LogP contribution in [0.15, 0.2) is 16.9 Å². The minimum atomic E-state index is -0.600.